The number of anilines is 1. The van der Waals surface area contributed by atoms with Crippen LogP contribution in [0, 0.1) is 12.7 Å². The first-order valence-electron chi connectivity index (χ1n) is 9.76. The third-order valence-electron chi connectivity index (χ3n) is 5.11. The van der Waals surface area contributed by atoms with Gasteiger partial charge in [0.25, 0.3) is 11.7 Å². The van der Waals surface area contributed by atoms with Gasteiger partial charge in [-0.2, -0.15) is 0 Å². The molecule has 1 unspecified atom stereocenters. The lowest BCUT2D eigenvalue weighted by Crippen LogP contribution is -2.29. The minimum absolute atomic E-state index is 0.125. The second kappa shape index (κ2) is 8.10. The summed E-state index contributed by atoms with van der Waals surface area (Å²) in [6, 6.07) is 13.0. The summed E-state index contributed by atoms with van der Waals surface area (Å²) in [6.45, 7) is 3.91. The summed E-state index contributed by atoms with van der Waals surface area (Å²) >= 11 is 0. The van der Waals surface area contributed by atoms with Crippen LogP contribution < -0.4 is 9.64 Å². The van der Waals surface area contributed by atoms with E-state index in [9.17, 15) is 19.1 Å². The topological polar surface area (TPSA) is 80.0 Å². The van der Waals surface area contributed by atoms with Crippen molar-refractivity contribution in [1.82, 2.24) is 0 Å². The summed E-state index contributed by atoms with van der Waals surface area (Å²) in [5.74, 6) is -1.54. The number of Topliss-reactive ketones (excluding diaryl/α,β-unsaturated/α-hetero) is 1. The molecule has 1 aliphatic rings. The van der Waals surface area contributed by atoms with Crippen molar-refractivity contribution in [2.24, 2.45) is 0 Å². The van der Waals surface area contributed by atoms with Gasteiger partial charge in [0.2, 0.25) is 0 Å². The number of hydrogen-bond donors (Lipinski definition) is 1. The normalized spacial score (nSPS) is 17.9. The number of ether oxygens (including phenoxy) is 1. The molecule has 1 aliphatic heterocycles. The summed E-state index contributed by atoms with van der Waals surface area (Å²) in [5.41, 5.74) is 0.862. The minimum Gasteiger partial charge on any atom is -0.507 e. The molecular weight excluding hydrogens is 401 g/mol. The summed E-state index contributed by atoms with van der Waals surface area (Å²) in [4.78, 5) is 27.2. The number of furan rings is 1. The van der Waals surface area contributed by atoms with E-state index < -0.39 is 29.3 Å². The smallest absolute Gasteiger partial charge is 0.300 e. The summed E-state index contributed by atoms with van der Waals surface area (Å²) in [6.07, 6.45) is 1.43. The van der Waals surface area contributed by atoms with Crippen molar-refractivity contribution in [1.29, 1.82) is 0 Å². The van der Waals surface area contributed by atoms with Gasteiger partial charge in [0, 0.05) is 11.3 Å². The zero-order valence-corrected chi connectivity index (χ0v) is 17.0. The number of aliphatic hydroxyl groups excluding tert-OH is 1. The second-order valence-corrected chi connectivity index (χ2v) is 7.08. The van der Waals surface area contributed by atoms with E-state index in [4.69, 9.17) is 9.15 Å². The third-order valence-corrected chi connectivity index (χ3v) is 5.11. The number of ketones is 1. The van der Waals surface area contributed by atoms with Crippen molar-refractivity contribution in [2.75, 3.05) is 11.5 Å². The Labute approximate surface area is 178 Å². The molecule has 2 aromatic carbocycles. The van der Waals surface area contributed by atoms with Gasteiger partial charge in [0.1, 0.15) is 29.1 Å². The van der Waals surface area contributed by atoms with Crippen molar-refractivity contribution in [3.8, 4) is 5.75 Å². The molecule has 4 rings (SSSR count). The molecule has 1 fully saturated rings. The predicted molar refractivity (Wildman–Crippen MR) is 112 cm³/mol. The maximum absolute atomic E-state index is 13.7. The second-order valence-electron chi connectivity index (χ2n) is 7.08. The van der Waals surface area contributed by atoms with Crippen LogP contribution in [-0.4, -0.2) is 23.4 Å². The van der Waals surface area contributed by atoms with Crippen LogP contribution in [0.2, 0.25) is 0 Å². The number of aliphatic hydroxyl groups is 1. The van der Waals surface area contributed by atoms with Gasteiger partial charge in [-0.15, -0.1) is 0 Å². The molecule has 158 valence electrons. The Hall–Kier alpha value is -3.87. The van der Waals surface area contributed by atoms with Crippen LogP contribution in [0.1, 0.15) is 29.9 Å². The van der Waals surface area contributed by atoms with Crippen molar-refractivity contribution in [2.45, 2.75) is 19.9 Å². The zero-order valence-electron chi connectivity index (χ0n) is 17.0. The Morgan fingerprint density at radius 3 is 2.52 bits per heavy atom. The highest BCUT2D eigenvalue weighted by molar-refractivity contribution is 6.51. The first kappa shape index (κ1) is 20.4. The summed E-state index contributed by atoms with van der Waals surface area (Å²) in [7, 11) is 0. The lowest BCUT2D eigenvalue weighted by molar-refractivity contribution is -0.132. The standard InChI is InChI=1S/C24H20FNO5/c1-3-30-17-9-7-16(8-10-17)26-21(19-5-4-12-31-19)20(23(28)24(26)29)22(27)15-6-11-18(25)14(2)13-15/h4-13,21,27H,3H2,1-2H3/b22-20-. The Morgan fingerprint density at radius 2 is 1.90 bits per heavy atom. The van der Waals surface area contributed by atoms with Gasteiger partial charge in [-0.1, -0.05) is 0 Å². The van der Waals surface area contributed by atoms with Crippen LogP contribution in [0.5, 0.6) is 5.75 Å². The SMILES string of the molecule is CCOc1ccc(N2C(=O)C(=O)/C(=C(\O)c3ccc(F)c(C)c3)C2c2ccco2)cc1. The average molecular weight is 421 g/mol. The van der Waals surface area contributed by atoms with Crippen molar-refractivity contribution < 1.29 is 28.2 Å². The number of carbonyl (C=O) groups excluding carboxylic acids is 2. The first-order valence-corrected chi connectivity index (χ1v) is 9.76. The van der Waals surface area contributed by atoms with E-state index in [-0.39, 0.29) is 11.1 Å². The Balaban J connectivity index is 1.86. The van der Waals surface area contributed by atoms with Gasteiger partial charge in [-0.25, -0.2) is 4.39 Å². The fourth-order valence-corrected chi connectivity index (χ4v) is 3.63. The molecule has 1 N–H and O–H groups in total. The van der Waals surface area contributed by atoms with Gasteiger partial charge in [0.15, 0.2) is 0 Å². The number of carbonyl (C=O) groups is 2. The zero-order chi connectivity index (χ0) is 22.1. The van der Waals surface area contributed by atoms with E-state index in [1.807, 2.05) is 6.92 Å². The van der Waals surface area contributed by atoms with Crippen LogP contribution in [0.15, 0.2) is 70.9 Å². The monoisotopic (exact) mass is 421 g/mol. The number of halogens is 1. The van der Waals surface area contributed by atoms with Gasteiger partial charge < -0.3 is 14.3 Å². The molecule has 0 aliphatic carbocycles. The molecule has 0 saturated carbocycles. The molecule has 6 nitrogen and oxygen atoms in total. The molecule has 3 aromatic rings. The molecule has 0 spiro atoms. The van der Waals surface area contributed by atoms with Gasteiger partial charge >= 0.3 is 0 Å². The van der Waals surface area contributed by atoms with Crippen molar-refractivity contribution in [3.05, 3.63) is 89.1 Å². The molecule has 0 radical (unpaired) electrons. The molecule has 0 bridgehead atoms. The lowest BCUT2D eigenvalue weighted by Gasteiger charge is -2.23. The Bertz CT molecular complexity index is 1170. The first-order chi connectivity index (χ1) is 14.9. The number of hydrogen-bond acceptors (Lipinski definition) is 5. The molecule has 1 saturated heterocycles. The van der Waals surface area contributed by atoms with Crippen LogP contribution in [-0.2, 0) is 9.59 Å². The highest BCUT2D eigenvalue weighted by Crippen LogP contribution is 2.42. The van der Waals surface area contributed by atoms with E-state index >= 15 is 0 Å². The fraction of sp³-hybridized carbons (Fsp3) is 0.167. The molecule has 1 amide bonds. The van der Waals surface area contributed by atoms with Crippen molar-refractivity contribution in [3.63, 3.8) is 0 Å². The van der Waals surface area contributed by atoms with Crippen LogP contribution in [0.25, 0.3) is 5.76 Å². The summed E-state index contributed by atoms with van der Waals surface area (Å²) in [5, 5.41) is 11.0. The number of nitrogens with zero attached hydrogens (tertiary/aromatic N) is 1. The maximum Gasteiger partial charge on any atom is 0.300 e. The minimum atomic E-state index is -0.974. The Kier molecular flexibility index (Phi) is 5.33. The van der Waals surface area contributed by atoms with Crippen LogP contribution in [0.4, 0.5) is 10.1 Å². The molecule has 31 heavy (non-hydrogen) atoms. The van der Waals surface area contributed by atoms with Crippen LogP contribution >= 0.6 is 0 Å². The van der Waals surface area contributed by atoms with E-state index in [0.29, 0.717) is 29.4 Å². The quantitative estimate of drug-likeness (QED) is 0.365. The molecule has 2 heterocycles. The number of rotatable bonds is 5. The molecule has 1 aromatic heterocycles. The molecule has 7 heteroatoms. The largest absolute Gasteiger partial charge is 0.507 e. The van der Waals surface area contributed by atoms with E-state index in [2.05, 4.69) is 0 Å². The molecule has 1 atom stereocenters. The van der Waals surface area contributed by atoms with Crippen molar-refractivity contribution >= 4 is 23.1 Å². The highest BCUT2D eigenvalue weighted by atomic mass is 19.1. The summed E-state index contributed by atoms with van der Waals surface area (Å²) < 4.78 is 24.6. The van der Waals surface area contributed by atoms with E-state index in [0.717, 1.165) is 0 Å². The predicted octanol–water partition coefficient (Wildman–Crippen LogP) is 4.75. The fourth-order valence-electron chi connectivity index (χ4n) is 3.63. The van der Waals surface area contributed by atoms with E-state index in [1.54, 1.807) is 43.3 Å². The van der Waals surface area contributed by atoms with Crippen LogP contribution in [0.3, 0.4) is 0 Å². The highest BCUT2D eigenvalue weighted by Gasteiger charge is 2.48. The lowest BCUT2D eigenvalue weighted by atomic mass is 9.98. The van der Waals surface area contributed by atoms with Gasteiger partial charge in [-0.3, -0.25) is 14.5 Å². The number of amides is 1. The number of benzene rings is 2. The van der Waals surface area contributed by atoms with E-state index in [1.165, 1.54) is 29.4 Å². The Morgan fingerprint density at radius 1 is 1.16 bits per heavy atom. The average Bonchev–Trinajstić information content (AvgIpc) is 3.38. The van der Waals surface area contributed by atoms with Gasteiger partial charge in [-0.05, 0) is 74.0 Å². The number of aryl methyl sites for hydroxylation is 1. The molecular formula is C24H20FNO5. The maximum atomic E-state index is 13.7. The van der Waals surface area contributed by atoms with Gasteiger partial charge in [0.05, 0.1) is 18.4 Å². The third kappa shape index (κ3) is 3.59.